The summed E-state index contributed by atoms with van der Waals surface area (Å²) in [7, 11) is 1.62. The predicted molar refractivity (Wildman–Crippen MR) is 86.1 cm³/mol. The van der Waals surface area contributed by atoms with Gasteiger partial charge in [0, 0.05) is 18.7 Å². The van der Waals surface area contributed by atoms with Crippen molar-refractivity contribution >= 4 is 0 Å². The fraction of sp³-hybridized carbons (Fsp3) is 0.647. The topological polar surface area (TPSA) is 50.7 Å². The van der Waals surface area contributed by atoms with E-state index in [1.54, 1.807) is 7.11 Å². The lowest BCUT2D eigenvalue weighted by atomic mass is 10.1. The smallest absolute Gasteiger partial charge is 0.123 e. The average Bonchev–Trinajstić information content (AvgIpc) is 2.51. The first-order valence-electron chi connectivity index (χ1n) is 7.84. The number of aliphatic hydroxyl groups excluding tert-OH is 1. The van der Waals surface area contributed by atoms with E-state index in [4.69, 9.17) is 9.47 Å². The molecule has 21 heavy (non-hydrogen) atoms. The standard InChI is InChI=1S/C17H29NO3/c1-4-5-6-8-14(2)18-12-15(19)13-21-17-10-7-9-16(11-17)20-3/h7,9-11,14-15,18-19H,4-6,8,12-13H2,1-3H3. The molecule has 1 aromatic carbocycles. The zero-order valence-corrected chi connectivity index (χ0v) is 13.5. The Kier molecular flexibility index (Phi) is 8.87. The molecule has 2 N–H and O–H groups in total. The lowest BCUT2D eigenvalue weighted by molar-refractivity contribution is 0.103. The van der Waals surface area contributed by atoms with Gasteiger partial charge in [-0.2, -0.15) is 0 Å². The van der Waals surface area contributed by atoms with Crippen molar-refractivity contribution in [2.45, 2.75) is 51.7 Å². The molecule has 0 aliphatic carbocycles. The Morgan fingerprint density at radius 1 is 1.24 bits per heavy atom. The van der Waals surface area contributed by atoms with E-state index in [0.29, 0.717) is 18.3 Å². The minimum absolute atomic E-state index is 0.280. The van der Waals surface area contributed by atoms with Crippen molar-refractivity contribution in [3.8, 4) is 11.5 Å². The van der Waals surface area contributed by atoms with E-state index >= 15 is 0 Å². The van der Waals surface area contributed by atoms with E-state index in [2.05, 4.69) is 19.2 Å². The van der Waals surface area contributed by atoms with Gasteiger partial charge >= 0.3 is 0 Å². The first-order chi connectivity index (χ1) is 10.2. The molecular weight excluding hydrogens is 266 g/mol. The van der Waals surface area contributed by atoms with E-state index in [0.717, 1.165) is 12.2 Å². The quantitative estimate of drug-likeness (QED) is 0.616. The van der Waals surface area contributed by atoms with Crippen LogP contribution in [0.3, 0.4) is 0 Å². The van der Waals surface area contributed by atoms with Crippen molar-refractivity contribution in [1.29, 1.82) is 0 Å². The molecule has 2 atom stereocenters. The van der Waals surface area contributed by atoms with Crippen LogP contribution in [0.1, 0.15) is 39.5 Å². The summed E-state index contributed by atoms with van der Waals surface area (Å²) in [6, 6.07) is 7.84. The number of methoxy groups -OCH3 is 1. The number of unbranched alkanes of at least 4 members (excludes halogenated alkanes) is 2. The summed E-state index contributed by atoms with van der Waals surface area (Å²) in [5, 5.41) is 13.3. The number of hydrogen-bond donors (Lipinski definition) is 2. The summed E-state index contributed by atoms with van der Waals surface area (Å²) < 4.78 is 10.7. The van der Waals surface area contributed by atoms with Crippen LogP contribution in [-0.4, -0.2) is 37.5 Å². The third-order valence-electron chi connectivity index (χ3n) is 3.43. The van der Waals surface area contributed by atoms with Gasteiger partial charge in [0.05, 0.1) is 7.11 Å². The van der Waals surface area contributed by atoms with Gasteiger partial charge in [0.25, 0.3) is 0 Å². The summed E-state index contributed by atoms with van der Waals surface area (Å²) in [5.74, 6) is 1.47. The molecule has 0 bridgehead atoms. The second-order valence-corrected chi connectivity index (χ2v) is 5.45. The number of hydrogen-bond acceptors (Lipinski definition) is 4. The Bertz CT molecular complexity index is 384. The van der Waals surface area contributed by atoms with E-state index in [1.165, 1.54) is 19.3 Å². The highest BCUT2D eigenvalue weighted by Crippen LogP contribution is 2.18. The summed E-state index contributed by atoms with van der Waals surface area (Å²) in [4.78, 5) is 0. The molecule has 0 saturated heterocycles. The normalized spacial score (nSPS) is 13.7. The van der Waals surface area contributed by atoms with Crippen molar-refractivity contribution in [2.75, 3.05) is 20.3 Å². The van der Waals surface area contributed by atoms with Crippen molar-refractivity contribution < 1.29 is 14.6 Å². The highest BCUT2D eigenvalue weighted by atomic mass is 16.5. The molecule has 0 heterocycles. The van der Waals surface area contributed by atoms with Crippen molar-refractivity contribution in [2.24, 2.45) is 0 Å². The Morgan fingerprint density at radius 2 is 2.00 bits per heavy atom. The van der Waals surface area contributed by atoms with Crippen molar-refractivity contribution in [3.05, 3.63) is 24.3 Å². The molecule has 0 amide bonds. The molecule has 1 rings (SSSR count). The molecule has 0 aliphatic heterocycles. The molecule has 0 aromatic heterocycles. The number of ether oxygens (including phenoxy) is 2. The monoisotopic (exact) mass is 295 g/mol. The maximum atomic E-state index is 9.94. The van der Waals surface area contributed by atoms with Crippen LogP contribution in [0.4, 0.5) is 0 Å². The zero-order chi connectivity index (χ0) is 15.5. The minimum atomic E-state index is -0.509. The van der Waals surface area contributed by atoms with E-state index in [9.17, 15) is 5.11 Å². The number of aliphatic hydroxyl groups is 1. The Hall–Kier alpha value is -1.26. The van der Waals surface area contributed by atoms with Gasteiger partial charge in [0.2, 0.25) is 0 Å². The van der Waals surface area contributed by atoms with Crippen LogP contribution in [0, 0.1) is 0 Å². The Labute approximate surface area is 128 Å². The van der Waals surface area contributed by atoms with Gasteiger partial charge in [-0.15, -0.1) is 0 Å². The predicted octanol–water partition coefficient (Wildman–Crippen LogP) is 2.99. The lowest BCUT2D eigenvalue weighted by Gasteiger charge is -2.17. The second kappa shape index (κ2) is 10.5. The summed E-state index contributed by atoms with van der Waals surface area (Å²) >= 11 is 0. The fourth-order valence-electron chi connectivity index (χ4n) is 2.08. The van der Waals surface area contributed by atoms with Crippen molar-refractivity contribution in [1.82, 2.24) is 5.32 Å². The van der Waals surface area contributed by atoms with E-state index < -0.39 is 6.10 Å². The molecule has 0 fully saturated rings. The first kappa shape index (κ1) is 17.8. The highest BCUT2D eigenvalue weighted by molar-refractivity contribution is 5.32. The molecule has 2 unspecified atom stereocenters. The van der Waals surface area contributed by atoms with E-state index in [1.807, 2.05) is 24.3 Å². The summed E-state index contributed by atoms with van der Waals surface area (Å²) in [5.41, 5.74) is 0. The minimum Gasteiger partial charge on any atom is -0.497 e. The van der Waals surface area contributed by atoms with Gasteiger partial charge in [0.1, 0.15) is 24.2 Å². The molecule has 0 saturated carbocycles. The molecule has 1 aromatic rings. The van der Waals surface area contributed by atoms with Gasteiger partial charge in [-0.3, -0.25) is 0 Å². The Balaban J connectivity index is 2.19. The largest absolute Gasteiger partial charge is 0.497 e. The van der Waals surface area contributed by atoms with Crippen LogP contribution in [0.5, 0.6) is 11.5 Å². The van der Waals surface area contributed by atoms with Gasteiger partial charge < -0.3 is 19.9 Å². The van der Waals surface area contributed by atoms with Gasteiger partial charge in [-0.25, -0.2) is 0 Å². The molecule has 0 aliphatic rings. The van der Waals surface area contributed by atoms with Gasteiger partial charge in [-0.05, 0) is 25.5 Å². The van der Waals surface area contributed by atoms with Crippen LogP contribution in [-0.2, 0) is 0 Å². The third-order valence-corrected chi connectivity index (χ3v) is 3.43. The summed E-state index contributed by atoms with van der Waals surface area (Å²) in [6.45, 7) is 5.20. The molecule has 0 spiro atoms. The van der Waals surface area contributed by atoms with Gasteiger partial charge in [-0.1, -0.05) is 32.3 Å². The zero-order valence-electron chi connectivity index (χ0n) is 13.5. The fourth-order valence-corrected chi connectivity index (χ4v) is 2.08. The number of nitrogens with one attached hydrogen (secondary N) is 1. The third kappa shape index (κ3) is 7.93. The number of benzene rings is 1. The van der Waals surface area contributed by atoms with Crippen LogP contribution in [0.25, 0.3) is 0 Å². The van der Waals surface area contributed by atoms with Crippen LogP contribution >= 0.6 is 0 Å². The van der Waals surface area contributed by atoms with Crippen LogP contribution < -0.4 is 14.8 Å². The molecule has 4 nitrogen and oxygen atoms in total. The lowest BCUT2D eigenvalue weighted by Crippen LogP contribution is -2.36. The maximum absolute atomic E-state index is 9.94. The molecule has 120 valence electrons. The number of rotatable bonds is 11. The highest BCUT2D eigenvalue weighted by Gasteiger charge is 2.08. The average molecular weight is 295 g/mol. The second-order valence-electron chi connectivity index (χ2n) is 5.45. The Morgan fingerprint density at radius 3 is 2.71 bits per heavy atom. The summed E-state index contributed by atoms with van der Waals surface area (Å²) in [6.07, 6.45) is 4.39. The van der Waals surface area contributed by atoms with Gasteiger partial charge in [0.15, 0.2) is 0 Å². The van der Waals surface area contributed by atoms with Crippen LogP contribution in [0.15, 0.2) is 24.3 Å². The first-order valence-corrected chi connectivity index (χ1v) is 7.84. The van der Waals surface area contributed by atoms with Crippen molar-refractivity contribution in [3.63, 3.8) is 0 Å². The van der Waals surface area contributed by atoms with E-state index in [-0.39, 0.29) is 6.61 Å². The SMILES string of the molecule is CCCCCC(C)NCC(O)COc1cccc(OC)c1. The molecular formula is C17H29NO3. The van der Waals surface area contributed by atoms with Crippen LogP contribution in [0.2, 0.25) is 0 Å². The maximum Gasteiger partial charge on any atom is 0.123 e. The molecule has 0 radical (unpaired) electrons. The molecule has 4 heteroatoms.